The van der Waals surface area contributed by atoms with E-state index < -0.39 is 12.3 Å². The molecule has 1 aliphatic rings. The van der Waals surface area contributed by atoms with Crippen LogP contribution < -0.4 is 5.73 Å². The minimum absolute atomic E-state index is 0.0557. The van der Waals surface area contributed by atoms with Crippen LogP contribution in [0.4, 0.5) is 14.6 Å². The van der Waals surface area contributed by atoms with Crippen LogP contribution in [0.5, 0.6) is 0 Å². The Morgan fingerprint density at radius 2 is 1.85 bits per heavy atom. The van der Waals surface area contributed by atoms with E-state index in [0.29, 0.717) is 17.1 Å². The number of nitrogens with zero attached hydrogens (tertiary/aromatic N) is 7. The van der Waals surface area contributed by atoms with Gasteiger partial charge in [-0.05, 0) is 56.1 Å². The second kappa shape index (κ2) is 9.64. The zero-order valence-corrected chi connectivity index (χ0v) is 18.4. The molecule has 1 aromatic carbocycles. The molecule has 0 bridgehead atoms. The summed E-state index contributed by atoms with van der Waals surface area (Å²) in [5, 5.41) is 16.1. The highest BCUT2D eigenvalue weighted by Crippen LogP contribution is 2.33. The Labute approximate surface area is 194 Å². The van der Waals surface area contributed by atoms with Crippen molar-refractivity contribution in [3.63, 3.8) is 0 Å². The number of anilines is 1. The number of likely N-dealkylation sites (tertiary alicyclic amines) is 1. The minimum atomic E-state index is -2.83. The van der Waals surface area contributed by atoms with Crippen molar-refractivity contribution < 1.29 is 13.2 Å². The molecule has 34 heavy (non-hydrogen) atoms. The van der Waals surface area contributed by atoms with Crippen LogP contribution in [-0.4, -0.2) is 54.7 Å². The maximum Gasteiger partial charge on any atom is 0.314 e. The van der Waals surface area contributed by atoms with E-state index in [1.807, 2.05) is 30.5 Å². The van der Waals surface area contributed by atoms with Gasteiger partial charge < -0.3 is 15.1 Å². The predicted octanol–water partition coefficient (Wildman–Crippen LogP) is 3.99. The lowest BCUT2D eigenvalue weighted by molar-refractivity contribution is 0.116. The van der Waals surface area contributed by atoms with E-state index in [1.165, 1.54) is 12.8 Å². The fourth-order valence-electron chi connectivity index (χ4n) is 4.27. The second-order valence-corrected chi connectivity index (χ2v) is 8.24. The van der Waals surface area contributed by atoms with E-state index >= 15 is 0 Å². The topological polar surface area (TPSA) is 112 Å². The summed E-state index contributed by atoms with van der Waals surface area (Å²) in [6.07, 6.45) is 3.81. The van der Waals surface area contributed by atoms with Crippen LogP contribution in [0.1, 0.15) is 43.2 Å². The van der Waals surface area contributed by atoms with Crippen molar-refractivity contribution in [2.75, 3.05) is 25.4 Å². The van der Waals surface area contributed by atoms with Gasteiger partial charge in [-0.2, -0.15) is 8.78 Å². The first-order chi connectivity index (χ1) is 16.6. The number of aromatic nitrogens is 6. The summed E-state index contributed by atoms with van der Waals surface area (Å²) in [5.74, 6) is -0.214. The van der Waals surface area contributed by atoms with E-state index in [1.54, 1.807) is 23.0 Å². The van der Waals surface area contributed by atoms with Crippen molar-refractivity contribution in [1.82, 2.24) is 35.1 Å². The van der Waals surface area contributed by atoms with E-state index in [-0.39, 0.29) is 11.9 Å². The molecule has 0 aliphatic carbocycles. The molecule has 1 fully saturated rings. The number of nitrogens with two attached hydrogens (primary N) is 1. The molecule has 0 amide bonds. The Hall–Kier alpha value is -3.73. The van der Waals surface area contributed by atoms with Crippen LogP contribution in [0, 0.1) is 0 Å². The van der Waals surface area contributed by atoms with Crippen molar-refractivity contribution in [2.45, 2.75) is 31.7 Å². The predicted molar refractivity (Wildman–Crippen MR) is 121 cm³/mol. The van der Waals surface area contributed by atoms with Gasteiger partial charge in [-0.15, -0.1) is 15.3 Å². The van der Waals surface area contributed by atoms with Crippen LogP contribution in [0.3, 0.4) is 0 Å². The van der Waals surface area contributed by atoms with Crippen molar-refractivity contribution in [3.8, 4) is 22.7 Å². The smallest absolute Gasteiger partial charge is 0.314 e. The normalized spacial score (nSPS) is 15.3. The van der Waals surface area contributed by atoms with Crippen LogP contribution in [0.25, 0.3) is 22.7 Å². The summed E-state index contributed by atoms with van der Waals surface area (Å²) in [4.78, 5) is 6.55. The Morgan fingerprint density at radius 1 is 1.03 bits per heavy atom. The molecule has 4 heterocycles. The lowest BCUT2D eigenvalue weighted by atomic mass is 9.97. The third-order valence-corrected chi connectivity index (χ3v) is 6.01. The average molecular weight is 466 g/mol. The van der Waals surface area contributed by atoms with Gasteiger partial charge in [-0.25, -0.2) is 9.67 Å². The molecular formula is C23H24F2N8O. The molecule has 0 spiro atoms. The Morgan fingerprint density at radius 3 is 2.59 bits per heavy atom. The molecule has 11 heteroatoms. The maximum absolute atomic E-state index is 13.1. The van der Waals surface area contributed by atoms with Gasteiger partial charge in [0.2, 0.25) is 5.89 Å². The van der Waals surface area contributed by atoms with Crippen molar-refractivity contribution in [2.24, 2.45) is 0 Å². The summed E-state index contributed by atoms with van der Waals surface area (Å²) in [6.45, 7) is 2.99. The Kier molecular flexibility index (Phi) is 6.26. The summed E-state index contributed by atoms with van der Waals surface area (Å²) in [6, 6.07) is 10.8. The quantitative estimate of drug-likeness (QED) is 0.415. The lowest BCUT2D eigenvalue weighted by Gasteiger charge is -2.23. The fourth-order valence-corrected chi connectivity index (χ4v) is 4.27. The van der Waals surface area contributed by atoms with E-state index in [2.05, 4.69) is 30.4 Å². The Balaban J connectivity index is 1.51. The van der Waals surface area contributed by atoms with E-state index in [9.17, 15) is 8.78 Å². The summed E-state index contributed by atoms with van der Waals surface area (Å²) < 4.78 is 33.2. The summed E-state index contributed by atoms with van der Waals surface area (Å²) in [7, 11) is 0. The van der Waals surface area contributed by atoms with Gasteiger partial charge in [0.05, 0.1) is 12.2 Å². The molecule has 1 aliphatic heterocycles. The average Bonchev–Trinajstić information content (AvgIpc) is 3.62. The van der Waals surface area contributed by atoms with Gasteiger partial charge in [0, 0.05) is 23.9 Å². The van der Waals surface area contributed by atoms with Gasteiger partial charge in [-0.1, -0.05) is 23.4 Å². The molecule has 4 aromatic rings. The molecule has 3 aromatic heterocycles. The highest BCUT2D eigenvalue weighted by atomic mass is 19.3. The molecule has 176 valence electrons. The maximum atomic E-state index is 13.1. The van der Waals surface area contributed by atoms with E-state index in [0.717, 1.165) is 37.2 Å². The highest BCUT2D eigenvalue weighted by Gasteiger charge is 2.25. The molecule has 9 nitrogen and oxygen atoms in total. The molecule has 0 radical (unpaired) electrons. The third kappa shape index (κ3) is 4.65. The zero-order chi connectivity index (χ0) is 23.5. The molecule has 1 unspecified atom stereocenters. The standard InChI is InChI=1S/C23H24F2N8O/c24-21(25)23-30-29-22(34-23)17-6-2-1-5-16(17)19(9-12-32-10-3-4-11-32)33-14-18(28-31-33)15-7-8-20(26)27-13-15/h1-2,5-8,13-14,19,21H,3-4,9-12H2,(H2,26,27). The first-order valence-electron chi connectivity index (χ1n) is 11.2. The number of alkyl halides is 2. The van der Waals surface area contributed by atoms with Crippen molar-refractivity contribution in [1.29, 1.82) is 0 Å². The van der Waals surface area contributed by atoms with Crippen LogP contribution in [0.2, 0.25) is 0 Å². The summed E-state index contributed by atoms with van der Waals surface area (Å²) >= 11 is 0. The first-order valence-corrected chi connectivity index (χ1v) is 11.2. The van der Waals surface area contributed by atoms with Crippen molar-refractivity contribution in [3.05, 3.63) is 60.2 Å². The number of hydrogen-bond acceptors (Lipinski definition) is 8. The van der Waals surface area contributed by atoms with Gasteiger partial charge in [0.15, 0.2) is 0 Å². The minimum Gasteiger partial charge on any atom is -0.415 e. The third-order valence-electron chi connectivity index (χ3n) is 6.01. The number of halogens is 2. The lowest BCUT2D eigenvalue weighted by Crippen LogP contribution is -2.24. The fraction of sp³-hybridized carbons (Fsp3) is 0.348. The van der Waals surface area contributed by atoms with Gasteiger partial charge in [-0.3, -0.25) is 0 Å². The largest absolute Gasteiger partial charge is 0.415 e. The molecule has 2 N–H and O–H groups in total. The second-order valence-electron chi connectivity index (χ2n) is 8.24. The monoisotopic (exact) mass is 466 g/mol. The summed E-state index contributed by atoms with van der Waals surface area (Å²) in [5.41, 5.74) is 8.60. The molecule has 0 saturated carbocycles. The molecule has 1 saturated heterocycles. The molecular weight excluding hydrogens is 442 g/mol. The number of rotatable bonds is 8. The van der Waals surface area contributed by atoms with Gasteiger partial charge in [0.1, 0.15) is 11.5 Å². The zero-order valence-electron chi connectivity index (χ0n) is 18.4. The van der Waals surface area contributed by atoms with Gasteiger partial charge >= 0.3 is 6.43 Å². The number of nitrogen functional groups attached to an aromatic ring is 1. The van der Waals surface area contributed by atoms with Crippen LogP contribution in [-0.2, 0) is 0 Å². The molecule has 5 rings (SSSR count). The van der Waals surface area contributed by atoms with Crippen LogP contribution >= 0.6 is 0 Å². The van der Waals surface area contributed by atoms with Crippen molar-refractivity contribution >= 4 is 5.82 Å². The number of benzene rings is 1. The molecule has 1 atom stereocenters. The highest BCUT2D eigenvalue weighted by molar-refractivity contribution is 5.60. The first kappa shape index (κ1) is 22.1. The van der Waals surface area contributed by atoms with Crippen LogP contribution in [0.15, 0.2) is 53.2 Å². The number of hydrogen-bond donors (Lipinski definition) is 1. The van der Waals surface area contributed by atoms with E-state index in [4.69, 9.17) is 10.2 Å². The Bertz CT molecular complexity index is 1230. The SMILES string of the molecule is Nc1ccc(-c2cn(C(CCN3CCCC3)c3ccccc3-c3nnc(C(F)F)o3)nn2)cn1. The number of pyridine rings is 1. The van der Waals surface area contributed by atoms with Gasteiger partial charge in [0.25, 0.3) is 5.89 Å².